The number of aromatic nitrogens is 2. The summed E-state index contributed by atoms with van der Waals surface area (Å²) in [5, 5.41) is 0.293. The van der Waals surface area contributed by atoms with E-state index >= 15 is 0 Å². The number of imidazole rings is 1. The smallest absolute Gasteiger partial charge is 0.326 e. The lowest BCUT2D eigenvalue weighted by atomic mass is 10.2. The molecule has 1 atom stereocenters. The van der Waals surface area contributed by atoms with Gasteiger partial charge in [-0.15, -0.1) is 0 Å². The van der Waals surface area contributed by atoms with Crippen molar-refractivity contribution in [2.24, 2.45) is 0 Å². The minimum absolute atomic E-state index is 0.137. The first-order valence-electron chi connectivity index (χ1n) is 9.16. The van der Waals surface area contributed by atoms with Crippen LogP contribution in [0.2, 0.25) is 10.4 Å². The van der Waals surface area contributed by atoms with Gasteiger partial charge in [0, 0.05) is 5.69 Å². The Morgan fingerprint density at radius 2 is 1.83 bits per heavy atom. The number of halogens is 2. The number of hydrogen-bond acceptors (Lipinski definition) is 5. The highest BCUT2D eigenvalue weighted by molar-refractivity contribution is 6.33. The number of carbonyl (C=O) groups excluding carboxylic acids is 2. The van der Waals surface area contributed by atoms with E-state index < -0.39 is 12.1 Å². The Labute approximate surface area is 182 Å². The van der Waals surface area contributed by atoms with E-state index in [9.17, 15) is 9.59 Å². The van der Waals surface area contributed by atoms with E-state index in [0.29, 0.717) is 17.1 Å². The predicted molar refractivity (Wildman–Crippen MR) is 112 cm³/mol. The van der Waals surface area contributed by atoms with Crippen LogP contribution in [0, 0.1) is 0 Å². The summed E-state index contributed by atoms with van der Waals surface area (Å²) in [5.41, 5.74) is 1.69. The van der Waals surface area contributed by atoms with Gasteiger partial charge < -0.3 is 9.47 Å². The standard InChI is InChI=1S/C21H17Cl2N3O4/c1-13-20(28)25(15-9-5-6-10-17(15)30-13)11-18(27)29-12-16-19(22)24-21(23)26(16)14-7-3-2-4-8-14/h2-10,13H,11-12H2,1H3/t13-/m0/s1. The molecule has 0 fully saturated rings. The maximum atomic E-state index is 12.5. The Hall–Kier alpha value is -3.03. The zero-order chi connectivity index (χ0) is 21.3. The fourth-order valence-electron chi connectivity index (χ4n) is 3.21. The SMILES string of the molecule is C[C@@H]1Oc2ccccc2N(CC(=O)OCc2c(Cl)nc(Cl)n2-c2ccccc2)C1=O. The van der Waals surface area contributed by atoms with Crippen LogP contribution in [0.5, 0.6) is 5.75 Å². The van der Waals surface area contributed by atoms with Crippen LogP contribution in [-0.4, -0.2) is 34.1 Å². The summed E-state index contributed by atoms with van der Waals surface area (Å²) in [6.45, 7) is 1.23. The van der Waals surface area contributed by atoms with Crippen molar-refractivity contribution < 1.29 is 19.1 Å². The molecule has 0 N–H and O–H groups in total. The molecule has 0 unspecified atom stereocenters. The maximum Gasteiger partial charge on any atom is 0.326 e. The molecule has 154 valence electrons. The number of ether oxygens (including phenoxy) is 2. The second-order valence-electron chi connectivity index (χ2n) is 6.60. The van der Waals surface area contributed by atoms with E-state index in [1.165, 1.54) is 4.90 Å². The van der Waals surface area contributed by atoms with Crippen molar-refractivity contribution in [3.05, 3.63) is 70.7 Å². The van der Waals surface area contributed by atoms with Crippen LogP contribution in [0.25, 0.3) is 5.69 Å². The van der Waals surface area contributed by atoms with Gasteiger partial charge >= 0.3 is 5.97 Å². The predicted octanol–water partition coefficient (Wildman–Crippen LogP) is 4.04. The van der Waals surface area contributed by atoms with E-state index in [4.69, 9.17) is 32.7 Å². The molecule has 1 amide bonds. The molecule has 2 aromatic carbocycles. The van der Waals surface area contributed by atoms with Gasteiger partial charge in [0.15, 0.2) is 11.3 Å². The molecule has 1 aromatic heterocycles. The fraction of sp³-hybridized carbons (Fsp3) is 0.190. The molecule has 1 aliphatic rings. The highest BCUT2D eigenvalue weighted by Gasteiger charge is 2.33. The summed E-state index contributed by atoms with van der Waals surface area (Å²) < 4.78 is 12.6. The van der Waals surface area contributed by atoms with Gasteiger partial charge in [-0.3, -0.25) is 19.1 Å². The summed E-state index contributed by atoms with van der Waals surface area (Å²) in [5.74, 6) is -0.379. The molecule has 0 aliphatic carbocycles. The zero-order valence-electron chi connectivity index (χ0n) is 15.9. The molecule has 0 saturated heterocycles. The number of esters is 1. The third-order valence-electron chi connectivity index (χ3n) is 4.63. The molecule has 2 heterocycles. The monoisotopic (exact) mass is 445 g/mol. The van der Waals surface area contributed by atoms with Crippen LogP contribution in [0.4, 0.5) is 5.69 Å². The summed E-state index contributed by atoms with van der Waals surface area (Å²) in [7, 11) is 0. The molecule has 3 aromatic rings. The van der Waals surface area contributed by atoms with Crippen LogP contribution >= 0.6 is 23.2 Å². The van der Waals surface area contributed by atoms with E-state index in [1.807, 2.05) is 30.3 Å². The maximum absolute atomic E-state index is 12.5. The van der Waals surface area contributed by atoms with Gasteiger partial charge in [0.05, 0.1) is 5.69 Å². The fourth-order valence-corrected chi connectivity index (χ4v) is 3.75. The van der Waals surface area contributed by atoms with E-state index in [-0.39, 0.29) is 29.5 Å². The van der Waals surface area contributed by atoms with Crippen molar-refractivity contribution in [3.63, 3.8) is 0 Å². The largest absolute Gasteiger partial charge is 0.479 e. The van der Waals surface area contributed by atoms with Gasteiger partial charge in [0.1, 0.15) is 24.6 Å². The minimum Gasteiger partial charge on any atom is -0.479 e. The highest BCUT2D eigenvalue weighted by Crippen LogP contribution is 2.33. The second-order valence-corrected chi connectivity index (χ2v) is 7.30. The van der Waals surface area contributed by atoms with Gasteiger partial charge in [-0.25, -0.2) is 4.98 Å². The first-order chi connectivity index (χ1) is 14.5. The molecule has 7 nitrogen and oxygen atoms in total. The normalized spacial score (nSPS) is 15.5. The molecular weight excluding hydrogens is 429 g/mol. The Morgan fingerprint density at radius 1 is 1.13 bits per heavy atom. The molecule has 0 spiro atoms. The number of carbonyl (C=O) groups is 2. The lowest BCUT2D eigenvalue weighted by Crippen LogP contribution is -2.47. The highest BCUT2D eigenvalue weighted by atomic mass is 35.5. The van der Waals surface area contributed by atoms with Gasteiger partial charge in [0.25, 0.3) is 5.91 Å². The van der Waals surface area contributed by atoms with Gasteiger partial charge in [-0.2, -0.15) is 0 Å². The Morgan fingerprint density at radius 3 is 2.60 bits per heavy atom. The van der Waals surface area contributed by atoms with Crippen LogP contribution < -0.4 is 9.64 Å². The number of hydrogen-bond donors (Lipinski definition) is 0. The first kappa shape index (κ1) is 20.3. The summed E-state index contributed by atoms with van der Waals surface area (Å²) in [6, 6.07) is 16.3. The summed E-state index contributed by atoms with van der Waals surface area (Å²) in [6.07, 6.45) is -0.694. The van der Waals surface area contributed by atoms with Gasteiger partial charge in [-0.05, 0) is 42.8 Å². The van der Waals surface area contributed by atoms with Crippen LogP contribution in [0.3, 0.4) is 0 Å². The van der Waals surface area contributed by atoms with Crippen molar-refractivity contribution in [1.82, 2.24) is 9.55 Å². The van der Waals surface area contributed by atoms with E-state index in [2.05, 4.69) is 4.98 Å². The average molecular weight is 446 g/mol. The van der Waals surface area contributed by atoms with Crippen molar-refractivity contribution in [2.75, 3.05) is 11.4 Å². The molecule has 0 saturated carbocycles. The number of para-hydroxylation sites is 3. The zero-order valence-corrected chi connectivity index (χ0v) is 17.4. The summed E-state index contributed by atoms with van der Waals surface area (Å²) in [4.78, 5) is 30.5. The quantitative estimate of drug-likeness (QED) is 0.554. The lowest BCUT2D eigenvalue weighted by Gasteiger charge is -2.32. The summed E-state index contributed by atoms with van der Waals surface area (Å²) >= 11 is 12.4. The van der Waals surface area contributed by atoms with Crippen LogP contribution in [-0.2, 0) is 20.9 Å². The molecule has 0 radical (unpaired) electrons. The number of anilines is 1. The number of fused-ring (bicyclic) bond motifs is 1. The van der Waals surface area contributed by atoms with Crippen molar-refractivity contribution >= 4 is 40.8 Å². The Bertz CT molecular complexity index is 1100. The molecule has 4 rings (SSSR count). The number of rotatable bonds is 5. The van der Waals surface area contributed by atoms with E-state index in [1.54, 1.807) is 35.8 Å². The Balaban J connectivity index is 1.51. The van der Waals surface area contributed by atoms with Crippen molar-refractivity contribution in [1.29, 1.82) is 0 Å². The van der Waals surface area contributed by atoms with Crippen molar-refractivity contribution in [2.45, 2.75) is 19.6 Å². The van der Waals surface area contributed by atoms with Gasteiger partial charge in [-0.1, -0.05) is 41.9 Å². The van der Waals surface area contributed by atoms with Crippen LogP contribution in [0.15, 0.2) is 54.6 Å². The van der Waals surface area contributed by atoms with Crippen LogP contribution in [0.1, 0.15) is 12.6 Å². The molecule has 0 bridgehead atoms. The second kappa shape index (κ2) is 8.38. The average Bonchev–Trinajstić information content (AvgIpc) is 3.03. The lowest BCUT2D eigenvalue weighted by molar-refractivity contribution is -0.144. The third kappa shape index (κ3) is 3.86. The molecule has 9 heteroatoms. The Kier molecular flexibility index (Phi) is 5.65. The number of amides is 1. The molecule has 30 heavy (non-hydrogen) atoms. The third-order valence-corrected chi connectivity index (χ3v) is 5.18. The number of benzene rings is 2. The van der Waals surface area contributed by atoms with Crippen molar-refractivity contribution in [3.8, 4) is 11.4 Å². The van der Waals surface area contributed by atoms with Gasteiger partial charge in [0.2, 0.25) is 5.28 Å². The van der Waals surface area contributed by atoms with E-state index in [0.717, 1.165) is 5.69 Å². The minimum atomic E-state index is -0.694. The number of nitrogens with zero attached hydrogens (tertiary/aromatic N) is 3. The topological polar surface area (TPSA) is 73.7 Å². The molecular formula is C21H17Cl2N3O4. The molecule has 1 aliphatic heterocycles. The first-order valence-corrected chi connectivity index (χ1v) is 9.92.